The Balaban J connectivity index is 0.00000180. The monoisotopic (exact) mass is 324 g/mol. The second-order valence-corrected chi connectivity index (χ2v) is 6.96. The van der Waals surface area contributed by atoms with Crippen LogP contribution in [-0.4, -0.2) is 31.9 Å². The van der Waals surface area contributed by atoms with Crippen LogP contribution in [0.25, 0.3) is 0 Å². The lowest BCUT2D eigenvalue weighted by molar-refractivity contribution is 0.404. The lowest BCUT2D eigenvalue weighted by atomic mass is 10.1. The predicted molar refractivity (Wildman–Crippen MR) is 79.2 cm³/mol. The molecule has 0 aliphatic carbocycles. The summed E-state index contributed by atoms with van der Waals surface area (Å²) in [7, 11) is -3.52. The van der Waals surface area contributed by atoms with E-state index in [4.69, 9.17) is 17.3 Å². The molecule has 1 aliphatic heterocycles. The van der Waals surface area contributed by atoms with Gasteiger partial charge >= 0.3 is 0 Å². The normalized spacial score (nSPS) is 24.2. The summed E-state index contributed by atoms with van der Waals surface area (Å²) in [5.74, 6) is 0.234. The van der Waals surface area contributed by atoms with Crippen molar-refractivity contribution in [3.8, 4) is 0 Å². The smallest absolute Gasteiger partial charge is 0.244 e. The van der Waals surface area contributed by atoms with Crippen molar-refractivity contribution in [2.75, 3.05) is 13.1 Å². The Morgan fingerprint density at radius 2 is 2.05 bits per heavy atom. The zero-order chi connectivity index (χ0) is 13.3. The molecule has 2 N–H and O–H groups in total. The largest absolute Gasteiger partial charge is 0.330 e. The molecule has 1 aromatic rings. The van der Waals surface area contributed by atoms with E-state index in [0.717, 1.165) is 6.42 Å². The first-order chi connectivity index (χ1) is 8.46. The van der Waals surface area contributed by atoms with E-state index < -0.39 is 10.0 Å². The fourth-order valence-electron chi connectivity index (χ4n) is 2.39. The SMILES string of the molecule is CC1CC(CN)CN1S(=O)(=O)c1ccccc1Cl.Cl. The van der Waals surface area contributed by atoms with Crippen LogP contribution in [0.4, 0.5) is 0 Å². The van der Waals surface area contributed by atoms with E-state index >= 15 is 0 Å². The van der Waals surface area contributed by atoms with E-state index in [-0.39, 0.29) is 34.3 Å². The van der Waals surface area contributed by atoms with Crippen LogP contribution >= 0.6 is 24.0 Å². The fourth-order valence-corrected chi connectivity index (χ4v) is 4.61. The highest BCUT2D eigenvalue weighted by Crippen LogP contribution is 2.31. The summed E-state index contributed by atoms with van der Waals surface area (Å²) < 4.78 is 26.6. The van der Waals surface area contributed by atoms with Crippen molar-refractivity contribution >= 4 is 34.0 Å². The lowest BCUT2D eigenvalue weighted by Gasteiger charge is -2.21. The molecule has 0 spiro atoms. The molecule has 4 nitrogen and oxygen atoms in total. The molecule has 0 saturated carbocycles. The van der Waals surface area contributed by atoms with Gasteiger partial charge in [-0.25, -0.2) is 8.42 Å². The van der Waals surface area contributed by atoms with Crippen molar-refractivity contribution in [3.05, 3.63) is 29.3 Å². The summed E-state index contributed by atoms with van der Waals surface area (Å²) in [4.78, 5) is 0.177. The number of hydrogen-bond acceptors (Lipinski definition) is 3. The van der Waals surface area contributed by atoms with E-state index in [0.29, 0.717) is 13.1 Å². The number of rotatable bonds is 3. The summed E-state index contributed by atoms with van der Waals surface area (Å²) in [5, 5.41) is 0.265. The van der Waals surface area contributed by atoms with E-state index in [1.807, 2.05) is 6.92 Å². The molecule has 19 heavy (non-hydrogen) atoms. The lowest BCUT2D eigenvalue weighted by Crippen LogP contribution is -2.34. The van der Waals surface area contributed by atoms with Crippen LogP contribution in [0.1, 0.15) is 13.3 Å². The van der Waals surface area contributed by atoms with Crippen LogP contribution in [0.5, 0.6) is 0 Å². The zero-order valence-electron chi connectivity index (χ0n) is 10.6. The maximum absolute atomic E-state index is 12.5. The van der Waals surface area contributed by atoms with Crippen molar-refractivity contribution in [3.63, 3.8) is 0 Å². The first-order valence-electron chi connectivity index (χ1n) is 5.93. The standard InChI is InChI=1S/C12H17ClN2O2S.ClH/c1-9-6-10(7-14)8-15(9)18(16,17)12-5-3-2-4-11(12)13;/h2-5,9-10H,6-8,14H2,1H3;1H. The molecule has 0 amide bonds. The maximum atomic E-state index is 12.5. The van der Waals surface area contributed by atoms with Gasteiger partial charge in [-0.3, -0.25) is 0 Å². The molecule has 0 aromatic heterocycles. The summed E-state index contributed by atoms with van der Waals surface area (Å²) in [6.07, 6.45) is 0.806. The van der Waals surface area contributed by atoms with Gasteiger partial charge in [0.25, 0.3) is 0 Å². The Bertz CT molecular complexity index is 536. The highest BCUT2D eigenvalue weighted by molar-refractivity contribution is 7.89. The number of benzene rings is 1. The van der Waals surface area contributed by atoms with Crippen molar-refractivity contribution in [1.82, 2.24) is 4.31 Å². The first-order valence-corrected chi connectivity index (χ1v) is 7.75. The van der Waals surface area contributed by atoms with Gasteiger partial charge in [0.2, 0.25) is 10.0 Å². The van der Waals surface area contributed by atoms with Gasteiger partial charge in [-0.15, -0.1) is 12.4 Å². The molecule has 1 aromatic carbocycles. The quantitative estimate of drug-likeness (QED) is 0.926. The average molecular weight is 325 g/mol. The number of halogens is 2. The van der Waals surface area contributed by atoms with Gasteiger partial charge in [0.05, 0.1) is 5.02 Å². The Kier molecular flexibility index (Phi) is 5.65. The maximum Gasteiger partial charge on any atom is 0.244 e. The minimum Gasteiger partial charge on any atom is -0.330 e. The third-order valence-corrected chi connectivity index (χ3v) is 5.84. The summed E-state index contributed by atoms with van der Waals surface area (Å²) >= 11 is 5.97. The predicted octanol–water partition coefficient (Wildman–Crippen LogP) is 2.12. The van der Waals surface area contributed by atoms with Crippen LogP contribution < -0.4 is 5.73 Å². The number of hydrogen-bond donors (Lipinski definition) is 1. The third-order valence-electron chi connectivity index (χ3n) is 3.36. The van der Waals surface area contributed by atoms with Crippen LogP contribution in [0.3, 0.4) is 0 Å². The highest BCUT2D eigenvalue weighted by Gasteiger charge is 2.37. The van der Waals surface area contributed by atoms with Crippen LogP contribution in [0.2, 0.25) is 5.02 Å². The van der Waals surface area contributed by atoms with Gasteiger partial charge in [0.1, 0.15) is 4.90 Å². The molecule has 7 heteroatoms. The van der Waals surface area contributed by atoms with Gasteiger partial charge in [-0.2, -0.15) is 4.31 Å². The molecule has 1 saturated heterocycles. The van der Waals surface area contributed by atoms with Gasteiger partial charge in [-0.05, 0) is 37.9 Å². The Hall–Kier alpha value is -0.330. The van der Waals surface area contributed by atoms with E-state index in [2.05, 4.69) is 0 Å². The van der Waals surface area contributed by atoms with Crippen LogP contribution in [0.15, 0.2) is 29.2 Å². The van der Waals surface area contributed by atoms with Crippen molar-refractivity contribution in [2.45, 2.75) is 24.3 Å². The van der Waals surface area contributed by atoms with E-state index in [1.54, 1.807) is 24.3 Å². The molecule has 0 bridgehead atoms. The first kappa shape index (κ1) is 16.7. The van der Waals surface area contributed by atoms with Gasteiger partial charge < -0.3 is 5.73 Å². The van der Waals surface area contributed by atoms with Crippen molar-refractivity contribution in [1.29, 1.82) is 0 Å². The molecular weight excluding hydrogens is 307 g/mol. The Labute approximate surface area is 125 Å². The topological polar surface area (TPSA) is 63.4 Å². The summed E-state index contributed by atoms with van der Waals surface area (Å²) in [6, 6.07) is 6.51. The number of sulfonamides is 1. The molecule has 1 fully saturated rings. The Morgan fingerprint density at radius 1 is 1.42 bits per heavy atom. The van der Waals surface area contributed by atoms with Crippen molar-refractivity contribution < 1.29 is 8.42 Å². The molecular formula is C12H18Cl2N2O2S. The number of nitrogens with two attached hydrogens (primary N) is 1. The summed E-state index contributed by atoms with van der Waals surface area (Å²) in [6.45, 7) is 2.90. The van der Waals surface area contributed by atoms with E-state index in [1.165, 1.54) is 4.31 Å². The third kappa shape index (κ3) is 3.23. The zero-order valence-corrected chi connectivity index (χ0v) is 13.0. The fraction of sp³-hybridized carbons (Fsp3) is 0.500. The van der Waals surface area contributed by atoms with Gasteiger partial charge in [-0.1, -0.05) is 23.7 Å². The highest BCUT2D eigenvalue weighted by atomic mass is 35.5. The van der Waals surface area contributed by atoms with Gasteiger partial charge in [0, 0.05) is 12.6 Å². The Morgan fingerprint density at radius 3 is 2.58 bits per heavy atom. The molecule has 108 valence electrons. The minimum atomic E-state index is -3.52. The van der Waals surface area contributed by atoms with E-state index in [9.17, 15) is 8.42 Å². The average Bonchev–Trinajstić information content (AvgIpc) is 2.71. The van der Waals surface area contributed by atoms with Crippen molar-refractivity contribution in [2.24, 2.45) is 11.7 Å². The minimum absolute atomic E-state index is 0. The molecule has 2 atom stereocenters. The second-order valence-electron chi connectivity index (χ2n) is 4.69. The molecule has 2 rings (SSSR count). The molecule has 1 aliphatic rings. The summed E-state index contributed by atoms with van der Waals surface area (Å²) in [5.41, 5.74) is 5.62. The number of nitrogens with zero attached hydrogens (tertiary/aromatic N) is 1. The van der Waals surface area contributed by atoms with Crippen LogP contribution in [0, 0.1) is 5.92 Å². The second kappa shape index (κ2) is 6.41. The molecule has 1 heterocycles. The van der Waals surface area contributed by atoms with Gasteiger partial charge in [0.15, 0.2) is 0 Å². The van der Waals surface area contributed by atoms with Crippen LogP contribution in [-0.2, 0) is 10.0 Å². The molecule has 0 radical (unpaired) electrons. The molecule has 2 unspecified atom stereocenters.